The molecule has 1 aliphatic heterocycles. The Morgan fingerprint density at radius 3 is 3.04 bits per heavy atom. The van der Waals surface area contributed by atoms with Gasteiger partial charge >= 0.3 is 0 Å². The highest BCUT2D eigenvalue weighted by Gasteiger charge is 2.18. The minimum atomic E-state index is -0.848. The van der Waals surface area contributed by atoms with Crippen LogP contribution in [0.5, 0.6) is 17.2 Å². The molecule has 2 aromatic heterocycles. The molecule has 1 atom stereocenters. The third-order valence-electron chi connectivity index (χ3n) is 4.06. The second kappa shape index (κ2) is 8.17. The predicted molar refractivity (Wildman–Crippen MR) is 107 cm³/mol. The zero-order valence-electron chi connectivity index (χ0n) is 15.0. The number of thiazole rings is 1. The summed E-state index contributed by atoms with van der Waals surface area (Å²) in [6.07, 6.45) is -0.848. The fourth-order valence-corrected chi connectivity index (χ4v) is 4.32. The van der Waals surface area contributed by atoms with Crippen molar-refractivity contribution in [1.82, 2.24) is 10.3 Å². The molecule has 0 radical (unpaired) electrons. The van der Waals surface area contributed by atoms with Crippen LogP contribution in [0.4, 0.5) is 0 Å². The second-order valence-electron chi connectivity index (χ2n) is 6.14. The van der Waals surface area contributed by atoms with Crippen molar-refractivity contribution >= 4 is 28.6 Å². The standard InChI is InChI=1S/C19H18N2O5S2/c1-11-17(28-19(21-11)12-4-5-27-9-12)18(23)20-7-13(22)8-24-14-2-3-15-16(6-14)26-10-25-15/h2-6,9,13,22H,7-8,10H2,1H3,(H,20,23). The average molecular weight is 418 g/mol. The van der Waals surface area contributed by atoms with Gasteiger partial charge in [-0.1, -0.05) is 0 Å². The molecule has 0 aliphatic carbocycles. The van der Waals surface area contributed by atoms with Crippen LogP contribution in [0.1, 0.15) is 15.4 Å². The lowest BCUT2D eigenvalue weighted by molar-refractivity contribution is 0.0846. The van der Waals surface area contributed by atoms with E-state index in [9.17, 15) is 9.90 Å². The number of carbonyl (C=O) groups is 1. The van der Waals surface area contributed by atoms with Crippen molar-refractivity contribution < 1.29 is 24.1 Å². The first-order valence-electron chi connectivity index (χ1n) is 8.59. The number of hydrogen-bond acceptors (Lipinski definition) is 8. The van der Waals surface area contributed by atoms with Crippen molar-refractivity contribution in [3.8, 4) is 27.8 Å². The molecule has 0 saturated heterocycles. The van der Waals surface area contributed by atoms with E-state index in [1.54, 1.807) is 36.5 Å². The maximum Gasteiger partial charge on any atom is 0.263 e. The van der Waals surface area contributed by atoms with Gasteiger partial charge in [-0.25, -0.2) is 4.98 Å². The van der Waals surface area contributed by atoms with Crippen LogP contribution >= 0.6 is 22.7 Å². The predicted octanol–water partition coefficient (Wildman–Crippen LogP) is 3.08. The molecule has 0 fully saturated rings. The van der Waals surface area contributed by atoms with Crippen molar-refractivity contribution in [3.05, 3.63) is 45.6 Å². The van der Waals surface area contributed by atoms with Crippen LogP contribution in [0, 0.1) is 6.92 Å². The third kappa shape index (κ3) is 4.11. The van der Waals surface area contributed by atoms with Crippen molar-refractivity contribution in [1.29, 1.82) is 0 Å². The molecule has 146 valence electrons. The molecule has 0 saturated carbocycles. The van der Waals surface area contributed by atoms with E-state index >= 15 is 0 Å². The fraction of sp³-hybridized carbons (Fsp3) is 0.263. The SMILES string of the molecule is Cc1nc(-c2ccsc2)sc1C(=O)NCC(O)COc1ccc2c(c1)OCO2. The van der Waals surface area contributed by atoms with Crippen LogP contribution in [-0.4, -0.2) is 42.0 Å². The number of amides is 1. The van der Waals surface area contributed by atoms with E-state index in [-0.39, 0.29) is 25.9 Å². The first-order chi connectivity index (χ1) is 13.6. The summed E-state index contributed by atoms with van der Waals surface area (Å²) in [5, 5.41) is 17.6. The summed E-state index contributed by atoms with van der Waals surface area (Å²) in [5.74, 6) is 1.59. The van der Waals surface area contributed by atoms with Crippen LogP contribution in [0.15, 0.2) is 35.0 Å². The van der Waals surface area contributed by atoms with Gasteiger partial charge < -0.3 is 24.6 Å². The maximum absolute atomic E-state index is 12.4. The number of ether oxygens (including phenoxy) is 3. The largest absolute Gasteiger partial charge is 0.491 e. The molecule has 0 bridgehead atoms. The van der Waals surface area contributed by atoms with Gasteiger partial charge in [-0.05, 0) is 30.5 Å². The highest BCUT2D eigenvalue weighted by Crippen LogP contribution is 2.35. The van der Waals surface area contributed by atoms with Gasteiger partial charge in [0.15, 0.2) is 11.5 Å². The van der Waals surface area contributed by atoms with Crippen molar-refractivity contribution in [2.45, 2.75) is 13.0 Å². The van der Waals surface area contributed by atoms with Crippen LogP contribution in [0.25, 0.3) is 10.6 Å². The molecule has 0 spiro atoms. The second-order valence-corrected chi connectivity index (χ2v) is 7.91. The first-order valence-corrected chi connectivity index (χ1v) is 10.3. The number of aliphatic hydroxyl groups excluding tert-OH is 1. The first kappa shape index (κ1) is 18.7. The number of nitrogens with zero attached hydrogens (tertiary/aromatic N) is 1. The Kier molecular flexibility index (Phi) is 5.47. The van der Waals surface area contributed by atoms with E-state index in [1.807, 2.05) is 16.8 Å². The summed E-state index contributed by atoms with van der Waals surface area (Å²) < 4.78 is 16.1. The molecule has 3 aromatic rings. The Balaban J connectivity index is 1.29. The topological polar surface area (TPSA) is 89.9 Å². The van der Waals surface area contributed by atoms with E-state index in [1.165, 1.54) is 11.3 Å². The lowest BCUT2D eigenvalue weighted by Crippen LogP contribution is -2.35. The number of thiophene rings is 1. The smallest absolute Gasteiger partial charge is 0.263 e. The number of aryl methyl sites for hydroxylation is 1. The monoisotopic (exact) mass is 418 g/mol. The van der Waals surface area contributed by atoms with Gasteiger partial charge in [0.05, 0.1) is 5.69 Å². The number of aromatic nitrogens is 1. The molecule has 4 rings (SSSR count). The third-order valence-corrected chi connectivity index (χ3v) is 5.94. The number of aliphatic hydroxyl groups is 1. The summed E-state index contributed by atoms with van der Waals surface area (Å²) >= 11 is 2.93. The van der Waals surface area contributed by atoms with Crippen molar-refractivity contribution in [3.63, 3.8) is 0 Å². The molecule has 28 heavy (non-hydrogen) atoms. The maximum atomic E-state index is 12.4. The summed E-state index contributed by atoms with van der Waals surface area (Å²) in [6, 6.07) is 7.18. The van der Waals surface area contributed by atoms with Gasteiger partial charge in [-0.2, -0.15) is 11.3 Å². The Bertz CT molecular complexity index is 971. The molecular formula is C19H18N2O5S2. The van der Waals surface area contributed by atoms with E-state index in [2.05, 4.69) is 10.3 Å². The van der Waals surface area contributed by atoms with Crippen LogP contribution in [0.3, 0.4) is 0 Å². The molecule has 7 nitrogen and oxygen atoms in total. The quantitative estimate of drug-likeness (QED) is 0.613. The van der Waals surface area contributed by atoms with Gasteiger partial charge in [0, 0.05) is 23.6 Å². The lowest BCUT2D eigenvalue weighted by Gasteiger charge is -2.13. The average Bonchev–Trinajstić information content (AvgIpc) is 3.43. The van der Waals surface area contributed by atoms with Gasteiger partial charge in [0.2, 0.25) is 6.79 Å². The minimum absolute atomic E-state index is 0.0434. The van der Waals surface area contributed by atoms with Gasteiger partial charge in [-0.15, -0.1) is 11.3 Å². The summed E-state index contributed by atoms with van der Waals surface area (Å²) in [7, 11) is 0. The molecule has 1 amide bonds. The van der Waals surface area contributed by atoms with Crippen molar-refractivity contribution in [2.75, 3.05) is 19.9 Å². The van der Waals surface area contributed by atoms with Gasteiger partial charge in [0.1, 0.15) is 28.3 Å². The molecule has 1 aromatic carbocycles. The summed E-state index contributed by atoms with van der Waals surface area (Å²) in [4.78, 5) is 17.4. The molecule has 9 heteroatoms. The highest BCUT2D eigenvalue weighted by atomic mass is 32.1. The summed E-state index contributed by atoms with van der Waals surface area (Å²) in [6.45, 7) is 2.12. The van der Waals surface area contributed by atoms with E-state index in [0.717, 1.165) is 10.6 Å². The number of fused-ring (bicyclic) bond motifs is 1. The van der Waals surface area contributed by atoms with Gasteiger partial charge in [0.25, 0.3) is 5.91 Å². The highest BCUT2D eigenvalue weighted by molar-refractivity contribution is 7.17. The lowest BCUT2D eigenvalue weighted by atomic mass is 10.3. The Morgan fingerprint density at radius 2 is 2.21 bits per heavy atom. The number of hydrogen-bond donors (Lipinski definition) is 2. The summed E-state index contributed by atoms with van der Waals surface area (Å²) in [5.41, 5.74) is 1.68. The van der Waals surface area contributed by atoms with Crippen LogP contribution in [-0.2, 0) is 0 Å². The Morgan fingerprint density at radius 1 is 1.36 bits per heavy atom. The van der Waals surface area contributed by atoms with E-state index in [4.69, 9.17) is 14.2 Å². The molecule has 2 N–H and O–H groups in total. The molecule has 1 aliphatic rings. The molecule has 3 heterocycles. The van der Waals surface area contributed by atoms with E-state index < -0.39 is 6.10 Å². The van der Waals surface area contributed by atoms with Crippen LogP contribution in [0.2, 0.25) is 0 Å². The zero-order valence-corrected chi connectivity index (χ0v) is 16.6. The van der Waals surface area contributed by atoms with Crippen LogP contribution < -0.4 is 19.5 Å². The Labute approximate surface area is 169 Å². The molecule has 1 unspecified atom stereocenters. The molecular weight excluding hydrogens is 400 g/mol. The fourth-order valence-electron chi connectivity index (χ4n) is 2.63. The number of benzene rings is 1. The minimum Gasteiger partial charge on any atom is -0.491 e. The van der Waals surface area contributed by atoms with Crippen molar-refractivity contribution in [2.24, 2.45) is 0 Å². The van der Waals surface area contributed by atoms with E-state index in [0.29, 0.717) is 27.8 Å². The number of nitrogens with one attached hydrogen (secondary N) is 1. The van der Waals surface area contributed by atoms with Gasteiger partial charge in [-0.3, -0.25) is 4.79 Å². The number of carbonyl (C=O) groups excluding carboxylic acids is 1. The normalized spacial score (nSPS) is 13.4. The number of rotatable bonds is 7. The zero-order chi connectivity index (χ0) is 19.5. The Hall–Kier alpha value is -2.62.